The van der Waals surface area contributed by atoms with Crippen molar-refractivity contribution in [3.8, 4) is 22.6 Å². The first kappa shape index (κ1) is 20.9. The van der Waals surface area contributed by atoms with E-state index in [2.05, 4.69) is 23.2 Å². The smallest absolute Gasteiger partial charge is 0.227 e. The fourth-order valence-corrected chi connectivity index (χ4v) is 5.44. The van der Waals surface area contributed by atoms with Gasteiger partial charge in [-0.05, 0) is 35.9 Å². The molecule has 0 fully saturated rings. The normalized spacial score (nSPS) is 12.6. The van der Waals surface area contributed by atoms with Crippen LogP contribution < -0.4 is 10.6 Å². The number of pyridine rings is 1. The highest BCUT2D eigenvalue weighted by Crippen LogP contribution is 2.38. The topological polar surface area (TPSA) is 107 Å². The van der Waals surface area contributed by atoms with Crippen LogP contribution in [-0.2, 0) is 11.2 Å². The third-order valence-electron chi connectivity index (χ3n) is 5.15. The van der Waals surface area contributed by atoms with Crippen LogP contribution in [0.5, 0.6) is 0 Å². The van der Waals surface area contributed by atoms with Crippen LogP contribution in [-0.4, -0.2) is 23.2 Å². The summed E-state index contributed by atoms with van der Waals surface area (Å²) in [6.07, 6.45) is 2.26. The number of nitrogen functional groups attached to an aromatic ring is 1. The fourth-order valence-electron chi connectivity index (χ4n) is 3.73. The maximum Gasteiger partial charge on any atom is 0.227 e. The van der Waals surface area contributed by atoms with Crippen molar-refractivity contribution in [2.75, 3.05) is 22.9 Å². The summed E-state index contributed by atoms with van der Waals surface area (Å²) in [4.78, 5) is 19.8. The summed E-state index contributed by atoms with van der Waals surface area (Å²) in [5.41, 5.74) is 9.28. The van der Waals surface area contributed by atoms with Crippen LogP contribution in [0.15, 0.2) is 46.8 Å². The second-order valence-electron chi connectivity index (χ2n) is 7.00. The number of aryl methyl sites for hydroxylation is 1. The van der Waals surface area contributed by atoms with E-state index in [0.717, 1.165) is 23.4 Å². The molecule has 31 heavy (non-hydrogen) atoms. The number of carbonyl (C=O) groups is 1. The lowest BCUT2D eigenvalue weighted by Crippen LogP contribution is -2.35. The third kappa shape index (κ3) is 4.13. The van der Waals surface area contributed by atoms with Gasteiger partial charge in [0.15, 0.2) is 0 Å². The number of rotatable bonds is 5. The Morgan fingerprint density at radius 2 is 2.00 bits per heavy atom. The monoisotopic (exact) mass is 445 g/mol. The molecule has 1 aliphatic heterocycles. The lowest BCUT2D eigenvalue weighted by molar-refractivity contribution is -0.118. The summed E-state index contributed by atoms with van der Waals surface area (Å²) in [7, 11) is 0. The lowest BCUT2D eigenvalue weighted by atomic mass is 10.0. The van der Waals surface area contributed by atoms with Gasteiger partial charge in [-0.3, -0.25) is 4.79 Å². The van der Waals surface area contributed by atoms with Crippen LogP contribution in [0.2, 0.25) is 0 Å². The number of hydrogen-bond acceptors (Lipinski definition) is 7. The van der Waals surface area contributed by atoms with E-state index in [4.69, 9.17) is 5.73 Å². The lowest BCUT2D eigenvalue weighted by Gasteiger charge is -2.29. The Morgan fingerprint density at radius 1 is 1.19 bits per heavy atom. The average Bonchev–Trinajstić information content (AvgIpc) is 3.32. The second kappa shape index (κ2) is 9.22. The third-order valence-corrected chi connectivity index (χ3v) is 7.01. The average molecular weight is 446 g/mol. The first-order valence-electron chi connectivity index (χ1n) is 9.82. The number of thiophene rings is 1. The van der Waals surface area contributed by atoms with Crippen LogP contribution in [0.3, 0.4) is 0 Å². The van der Waals surface area contributed by atoms with Gasteiger partial charge >= 0.3 is 0 Å². The number of aromatic nitrogens is 1. The van der Waals surface area contributed by atoms with Crippen molar-refractivity contribution in [2.45, 2.75) is 24.3 Å². The number of nitrogens with zero attached hydrogens (tertiary/aromatic N) is 4. The van der Waals surface area contributed by atoms with E-state index in [1.54, 1.807) is 0 Å². The standard InChI is InChI=1S/C23H19N5OS2/c24-13-16-21(19-8-4-11-30-19)17(14-25)23(27-22(16)26)31-12-9-20(29)28-10-3-6-15-5-1-2-7-18(15)28/h1-2,4-5,7-8,11H,3,6,9-10,12H2,(H2,26,27). The summed E-state index contributed by atoms with van der Waals surface area (Å²) < 4.78 is 0. The summed E-state index contributed by atoms with van der Waals surface area (Å²) in [5.74, 6) is 0.621. The molecule has 0 unspecified atom stereocenters. The molecule has 0 aliphatic carbocycles. The SMILES string of the molecule is N#Cc1c(N)nc(SCCC(=O)N2CCCc3ccccc32)c(C#N)c1-c1cccs1. The van der Waals surface area contributed by atoms with Gasteiger partial charge in [-0.1, -0.05) is 24.3 Å². The molecule has 2 N–H and O–H groups in total. The fraction of sp³-hybridized carbons (Fsp3) is 0.217. The number of amides is 1. The Morgan fingerprint density at radius 3 is 2.74 bits per heavy atom. The molecular formula is C23H19N5OS2. The minimum absolute atomic E-state index is 0.0539. The Labute approximate surface area is 188 Å². The van der Waals surface area contributed by atoms with Gasteiger partial charge in [-0.2, -0.15) is 10.5 Å². The quantitative estimate of drug-likeness (QED) is 0.575. The van der Waals surface area contributed by atoms with E-state index in [-0.39, 0.29) is 17.3 Å². The van der Waals surface area contributed by atoms with Gasteiger partial charge < -0.3 is 10.6 Å². The Hall–Kier alpha value is -3.33. The molecule has 0 saturated heterocycles. The van der Waals surface area contributed by atoms with E-state index in [1.807, 2.05) is 40.6 Å². The van der Waals surface area contributed by atoms with Crippen molar-refractivity contribution < 1.29 is 4.79 Å². The molecule has 4 rings (SSSR count). The van der Waals surface area contributed by atoms with Crippen LogP contribution in [0.25, 0.3) is 10.4 Å². The number of nitriles is 2. The molecule has 154 valence electrons. The molecule has 0 saturated carbocycles. The van der Waals surface area contributed by atoms with E-state index in [0.29, 0.717) is 34.9 Å². The predicted molar refractivity (Wildman–Crippen MR) is 124 cm³/mol. The zero-order chi connectivity index (χ0) is 21.8. The van der Waals surface area contributed by atoms with Crippen LogP contribution in [0.4, 0.5) is 11.5 Å². The van der Waals surface area contributed by atoms with Crippen molar-refractivity contribution in [1.29, 1.82) is 10.5 Å². The van der Waals surface area contributed by atoms with Crippen LogP contribution >= 0.6 is 23.1 Å². The van der Waals surface area contributed by atoms with Crippen molar-refractivity contribution in [3.63, 3.8) is 0 Å². The molecule has 8 heteroatoms. The highest BCUT2D eigenvalue weighted by atomic mass is 32.2. The van der Waals surface area contributed by atoms with Crippen molar-refractivity contribution >= 4 is 40.5 Å². The number of fused-ring (bicyclic) bond motifs is 1. The molecular weight excluding hydrogens is 426 g/mol. The summed E-state index contributed by atoms with van der Waals surface area (Å²) in [6, 6.07) is 16.0. The van der Waals surface area contributed by atoms with Gasteiger partial charge in [0.05, 0.1) is 5.56 Å². The minimum Gasteiger partial charge on any atom is -0.383 e. The first-order valence-corrected chi connectivity index (χ1v) is 11.7. The number of benzene rings is 1. The van der Waals surface area contributed by atoms with E-state index < -0.39 is 0 Å². The molecule has 1 aromatic carbocycles. The molecule has 1 amide bonds. The largest absolute Gasteiger partial charge is 0.383 e. The number of carbonyl (C=O) groups excluding carboxylic acids is 1. The van der Waals surface area contributed by atoms with Gasteiger partial charge in [0.2, 0.25) is 5.91 Å². The van der Waals surface area contributed by atoms with E-state index in [9.17, 15) is 15.3 Å². The predicted octanol–water partition coefficient (Wildman–Crippen LogP) is 4.60. The molecule has 0 radical (unpaired) electrons. The van der Waals surface area contributed by atoms with Crippen molar-refractivity contribution in [1.82, 2.24) is 4.98 Å². The van der Waals surface area contributed by atoms with Crippen molar-refractivity contribution in [3.05, 3.63) is 58.5 Å². The number of anilines is 2. The van der Waals surface area contributed by atoms with Gasteiger partial charge in [-0.25, -0.2) is 4.98 Å². The van der Waals surface area contributed by atoms with Gasteiger partial charge in [-0.15, -0.1) is 23.1 Å². The highest BCUT2D eigenvalue weighted by Gasteiger charge is 2.24. The maximum absolute atomic E-state index is 12.9. The Bertz CT molecular complexity index is 1210. The zero-order valence-electron chi connectivity index (χ0n) is 16.7. The number of nitrogens with two attached hydrogens (primary N) is 1. The molecule has 0 atom stereocenters. The molecule has 6 nitrogen and oxygen atoms in total. The van der Waals surface area contributed by atoms with Gasteiger partial charge in [0.25, 0.3) is 0 Å². The molecule has 0 spiro atoms. The summed E-state index contributed by atoms with van der Waals surface area (Å²) in [5, 5.41) is 21.7. The zero-order valence-corrected chi connectivity index (χ0v) is 18.3. The Kier molecular flexibility index (Phi) is 6.22. The summed E-state index contributed by atoms with van der Waals surface area (Å²) in [6.45, 7) is 0.717. The van der Waals surface area contributed by atoms with Gasteiger partial charge in [0.1, 0.15) is 28.5 Å². The number of hydrogen-bond donors (Lipinski definition) is 1. The van der Waals surface area contributed by atoms with Gasteiger partial charge in [0, 0.05) is 34.8 Å². The van der Waals surface area contributed by atoms with E-state index >= 15 is 0 Å². The minimum atomic E-state index is 0.0539. The van der Waals surface area contributed by atoms with Crippen LogP contribution in [0.1, 0.15) is 29.5 Å². The molecule has 3 aromatic rings. The van der Waals surface area contributed by atoms with Crippen molar-refractivity contribution in [2.24, 2.45) is 0 Å². The van der Waals surface area contributed by atoms with E-state index in [1.165, 1.54) is 28.7 Å². The number of thioether (sulfide) groups is 1. The molecule has 2 aromatic heterocycles. The summed E-state index contributed by atoms with van der Waals surface area (Å²) >= 11 is 2.76. The maximum atomic E-state index is 12.9. The highest BCUT2D eigenvalue weighted by molar-refractivity contribution is 7.99. The molecule has 1 aliphatic rings. The Balaban J connectivity index is 1.54. The molecule has 0 bridgehead atoms. The first-order chi connectivity index (χ1) is 15.1. The van der Waals surface area contributed by atoms with Crippen LogP contribution in [0, 0.1) is 22.7 Å². The second-order valence-corrected chi connectivity index (χ2v) is 9.04. The molecule has 3 heterocycles. The number of para-hydroxylation sites is 1.